The summed E-state index contributed by atoms with van der Waals surface area (Å²) in [6.07, 6.45) is 0. The van der Waals surface area contributed by atoms with Crippen molar-refractivity contribution in [1.29, 1.82) is 10.5 Å². The van der Waals surface area contributed by atoms with Gasteiger partial charge in [0.2, 0.25) is 0 Å². The Hall–Kier alpha value is -8.65. The zero-order valence-corrected chi connectivity index (χ0v) is 37.0. The smallest absolute Gasteiger partial charge is 0.166 e. The first-order valence-electron chi connectivity index (χ1n) is 22.1. The van der Waals surface area contributed by atoms with E-state index in [2.05, 4.69) is 165 Å². The van der Waals surface area contributed by atoms with E-state index in [1.165, 1.54) is 22.3 Å². The topological polar surface area (TPSA) is 92.7 Å². The van der Waals surface area contributed by atoms with Gasteiger partial charge in [-0.1, -0.05) is 149 Å². The van der Waals surface area contributed by atoms with E-state index in [0.29, 0.717) is 28.6 Å². The van der Waals surface area contributed by atoms with Crippen LogP contribution in [-0.4, -0.2) is 15.0 Å². The molecule has 0 radical (unpaired) electrons. The Kier molecular flexibility index (Phi) is 9.46. The molecule has 0 fully saturated rings. The first-order chi connectivity index (χ1) is 32.1. The van der Waals surface area contributed by atoms with Gasteiger partial charge in [0.25, 0.3) is 0 Å². The Balaban J connectivity index is 1.20. The van der Waals surface area contributed by atoms with Crippen LogP contribution >= 0.6 is 0 Å². The van der Waals surface area contributed by atoms with Gasteiger partial charge in [0, 0.05) is 27.5 Å². The molecular weight excluding hydrogens is 807 g/mol. The van der Waals surface area contributed by atoms with Gasteiger partial charge in [-0.25, -0.2) is 15.0 Å². The van der Waals surface area contributed by atoms with Gasteiger partial charge in [-0.05, 0) is 100 Å². The fraction of sp³-hybridized carbons (Fsp3) is 0.102. The fourth-order valence-electron chi connectivity index (χ4n) is 10.0. The summed E-state index contributed by atoms with van der Waals surface area (Å²) in [6, 6.07) is 68.8. The van der Waals surface area contributed by atoms with Crippen LogP contribution in [0.2, 0.25) is 0 Å². The molecule has 8 aromatic carbocycles. The van der Waals surface area contributed by atoms with E-state index in [1.54, 1.807) is 0 Å². The minimum absolute atomic E-state index is 0.281. The van der Waals surface area contributed by atoms with E-state index in [0.717, 1.165) is 61.9 Å². The molecule has 66 heavy (non-hydrogen) atoms. The summed E-state index contributed by atoms with van der Waals surface area (Å²) >= 11 is 0. The molecule has 7 heteroatoms. The highest BCUT2D eigenvalue weighted by molar-refractivity contribution is 5.95. The van der Waals surface area contributed by atoms with Crippen molar-refractivity contribution in [2.75, 3.05) is 9.80 Å². The van der Waals surface area contributed by atoms with Gasteiger partial charge in [0.05, 0.1) is 57.4 Å². The summed E-state index contributed by atoms with van der Waals surface area (Å²) in [6.45, 7) is 9.10. The average Bonchev–Trinajstić information content (AvgIpc) is 3.36. The second kappa shape index (κ2) is 15.6. The zero-order valence-electron chi connectivity index (χ0n) is 37.0. The molecular formula is C59H43N7. The van der Waals surface area contributed by atoms with Gasteiger partial charge >= 0.3 is 0 Å². The van der Waals surface area contributed by atoms with Crippen LogP contribution in [0.3, 0.4) is 0 Å². The molecule has 0 amide bonds. The van der Waals surface area contributed by atoms with Crippen LogP contribution in [0.15, 0.2) is 188 Å². The third-order valence-corrected chi connectivity index (χ3v) is 13.4. The van der Waals surface area contributed by atoms with Crippen LogP contribution < -0.4 is 9.80 Å². The molecule has 0 atom stereocenters. The van der Waals surface area contributed by atoms with Crippen LogP contribution in [0, 0.1) is 22.7 Å². The summed E-state index contributed by atoms with van der Waals surface area (Å²) < 4.78 is 0. The Morgan fingerprint density at radius 2 is 0.742 bits per heavy atom. The molecule has 7 nitrogen and oxygen atoms in total. The van der Waals surface area contributed by atoms with Crippen LogP contribution in [0.4, 0.5) is 34.1 Å². The maximum absolute atomic E-state index is 10.4. The van der Waals surface area contributed by atoms with Crippen LogP contribution in [-0.2, 0) is 10.8 Å². The summed E-state index contributed by atoms with van der Waals surface area (Å²) in [5, 5.41) is 20.3. The Morgan fingerprint density at radius 3 is 1.24 bits per heavy atom. The molecule has 0 aliphatic carbocycles. The largest absolute Gasteiger partial charge is 0.309 e. The number of nitriles is 2. The molecule has 0 spiro atoms. The lowest BCUT2D eigenvalue weighted by Crippen LogP contribution is -2.30. The van der Waals surface area contributed by atoms with E-state index < -0.39 is 0 Å². The first kappa shape index (κ1) is 40.1. The van der Waals surface area contributed by atoms with Gasteiger partial charge < -0.3 is 9.80 Å². The standard InChI is InChI=1S/C59H43N7/c1-58(2)45-21-8-12-25-49(45)65(50-26-13-9-22-46(50)58)53-34-39(37-61)29-31-43(53)56-62-55(40-18-6-5-7-19-40)63-57(64-56)44-32-30-42(41-20-16-17-38(33-41)36-60)35-54(44)66-51-27-14-10-23-47(51)59(3,4)48-24-11-15-28-52(48)66/h5-35H,1-4H3. The van der Waals surface area contributed by atoms with Crippen molar-refractivity contribution in [2.24, 2.45) is 0 Å². The lowest BCUT2D eigenvalue weighted by molar-refractivity contribution is 0.632. The van der Waals surface area contributed by atoms with Gasteiger partial charge in [-0.3, -0.25) is 0 Å². The molecule has 9 aromatic rings. The van der Waals surface area contributed by atoms with Crippen molar-refractivity contribution in [3.63, 3.8) is 0 Å². The molecule has 2 aliphatic rings. The van der Waals surface area contributed by atoms with Crippen molar-refractivity contribution < 1.29 is 0 Å². The summed E-state index contributed by atoms with van der Waals surface area (Å²) in [5.74, 6) is 1.47. The number of anilines is 6. The van der Waals surface area contributed by atoms with Gasteiger partial charge in [0.1, 0.15) is 0 Å². The van der Waals surface area contributed by atoms with Crippen molar-refractivity contribution in [1.82, 2.24) is 15.0 Å². The number of fused-ring (bicyclic) bond motifs is 4. The quantitative estimate of drug-likeness (QED) is 0.164. The predicted molar refractivity (Wildman–Crippen MR) is 265 cm³/mol. The molecule has 3 heterocycles. The Labute approximate surface area is 385 Å². The normalized spacial score (nSPS) is 13.9. The van der Waals surface area contributed by atoms with Crippen LogP contribution in [0.5, 0.6) is 0 Å². The second-order valence-electron chi connectivity index (χ2n) is 17.9. The van der Waals surface area contributed by atoms with E-state index in [9.17, 15) is 10.5 Å². The summed E-state index contributed by atoms with van der Waals surface area (Å²) in [4.78, 5) is 20.7. The Morgan fingerprint density at radius 1 is 0.348 bits per heavy atom. The number of hydrogen-bond donors (Lipinski definition) is 0. The maximum atomic E-state index is 10.4. The highest BCUT2D eigenvalue weighted by Crippen LogP contribution is 2.55. The molecule has 0 bridgehead atoms. The van der Waals surface area contributed by atoms with Crippen molar-refractivity contribution in [3.8, 4) is 57.4 Å². The minimum atomic E-state index is -0.281. The number of nitrogens with zero attached hydrogens (tertiary/aromatic N) is 7. The van der Waals surface area contributed by atoms with E-state index in [1.807, 2.05) is 72.8 Å². The monoisotopic (exact) mass is 849 g/mol. The minimum Gasteiger partial charge on any atom is -0.309 e. The Bertz CT molecular complexity index is 3380. The van der Waals surface area contributed by atoms with E-state index >= 15 is 0 Å². The first-order valence-corrected chi connectivity index (χ1v) is 22.1. The highest BCUT2D eigenvalue weighted by Gasteiger charge is 2.39. The van der Waals surface area contributed by atoms with Crippen LogP contribution in [0.1, 0.15) is 61.1 Å². The lowest BCUT2D eigenvalue weighted by atomic mass is 9.73. The maximum Gasteiger partial charge on any atom is 0.166 e. The molecule has 314 valence electrons. The molecule has 0 saturated heterocycles. The van der Waals surface area contributed by atoms with Gasteiger partial charge in [0.15, 0.2) is 17.5 Å². The second-order valence-corrected chi connectivity index (χ2v) is 17.9. The fourth-order valence-corrected chi connectivity index (χ4v) is 10.0. The van der Waals surface area contributed by atoms with Crippen LogP contribution in [0.25, 0.3) is 45.3 Å². The molecule has 2 aliphatic heterocycles. The highest BCUT2D eigenvalue weighted by atomic mass is 15.2. The molecule has 1 aromatic heterocycles. The number of aromatic nitrogens is 3. The zero-order chi connectivity index (χ0) is 45.2. The number of benzene rings is 8. The SMILES string of the molecule is CC1(C)c2ccccc2N(c2cc(C#N)ccc2-c2nc(-c3ccccc3)nc(-c3ccc(-c4cccc(C#N)c4)cc3N3c4ccccc4C(C)(C)c4ccccc43)n2)c2ccccc21. The van der Waals surface area contributed by atoms with Gasteiger partial charge in [-0.2, -0.15) is 10.5 Å². The van der Waals surface area contributed by atoms with Crippen molar-refractivity contribution in [2.45, 2.75) is 38.5 Å². The van der Waals surface area contributed by atoms with Gasteiger partial charge in [-0.15, -0.1) is 0 Å². The predicted octanol–water partition coefficient (Wildman–Crippen LogP) is 14.5. The van der Waals surface area contributed by atoms with Crippen molar-refractivity contribution in [3.05, 3.63) is 221 Å². The summed E-state index contributed by atoms with van der Waals surface area (Å²) in [7, 11) is 0. The van der Waals surface area contributed by atoms with E-state index in [4.69, 9.17) is 15.0 Å². The molecule has 11 rings (SSSR count). The lowest BCUT2D eigenvalue weighted by Gasteiger charge is -2.42. The number of rotatable bonds is 6. The number of para-hydroxylation sites is 4. The molecule has 0 unspecified atom stereocenters. The number of hydrogen-bond acceptors (Lipinski definition) is 7. The van der Waals surface area contributed by atoms with E-state index in [-0.39, 0.29) is 10.8 Å². The third-order valence-electron chi connectivity index (χ3n) is 13.4. The van der Waals surface area contributed by atoms with Crippen molar-refractivity contribution >= 4 is 34.1 Å². The third kappa shape index (κ3) is 6.44. The average molecular weight is 850 g/mol. The molecule has 0 N–H and O–H groups in total. The summed E-state index contributed by atoms with van der Waals surface area (Å²) in [5.41, 5.74) is 15.4. The molecule has 0 saturated carbocycles.